The molecule has 0 bridgehead atoms. The smallest absolute Gasteiger partial charge is 0.267 e. The molecule has 1 heterocycles. The number of hydrogen-bond donors (Lipinski definition) is 1. The van der Waals surface area contributed by atoms with Crippen LogP contribution in [0.25, 0.3) is 0 Å². The van der Waals surface area contributed by atoms with Crippen LogP contribution in [0, 0.1) is 0 Å². The summed E-state index contributed by atoms with van der Waals surface area (Å²) >= 11 is 0. The topological polar surface area (TPSA) is 56.0 Å². The molecule has 1 aromatic heterocycles. The monoisotopic (exact) mass is 374 g/mol. The van der Waals surface area contributed by atoms with Crippen LogP contribution in [0.15, 0.2) is 18.3 Å². The van der Waals surface area contributed by atoms with E-state index in [9.17, 15) is 4.79 Å². The molecule has 1 amide bonds. The molecule has 0 saturated heterocycles. The van der Waals surface area contributed by atoms with Crippen LogP contribution in [0.3, 0.4) is 0 Å². The lowest BCUT2D eigenvalue weighted by Gasteiger charge is -2.19. The summed E-state index contributed by atoms with van der Waals surface area (Å²) in [5, 5.41) is 0. The van der Waals surface area contributed by atoms with Crippen molar-refractivity contribution < 1.29 is 4.79 Å². The molecule has 0 fully saturated rings. The van der Waals surface area contributed by atoms with Gasteiger partial charge in [0, 0.05) is 6.20 Å². The number of nitrogens with two attached hydrogens (primary N) is 1. The minimum Gasteiger partial charge on any atom is -0.364 e. The summed E-state index contributed by atoms with van der Waals surface area (Å²) in [6.07, 6.45) is 21.1. The zero-order valence-electron chi connectivity index (χ0n) is 17.8. The van der Waals surface area contributed by atoms with Gasteiger partial charge in [-0.15, -0.1) is 0 Å². The number of carbonyl (C=O) groups excluding carboxylic acids is 1. The molecule has 0 spiro atoms. The molecule has 2 N–H and O–H groups in total. The third-order valence-corrected chi connectivity index (χ3v) is 5.57. The summed E-state index contributed by atoms with van der Waals surface area (Å²) in [5.74, 6) is 0.0282. The van der Waals surface area contributed by atoms with Crippen molar-refractivity contribution in [2.24, 2.45) is 5.73 Å². The predicted molar refractivity (Wildman–Crippen MR) is 116 cm³/mol. The summed E-state index contributed by atoms with van der Waals surface area (Å²) in [4.78, 5) is 16.1. The molecule has 3 nitrogen and oxygen atoms in total. The number of hydrogen-bond acceptors (Lipinski definition) is 2. The summed E-state index contributed by atoms with van der Waals surface area (Å²) in [7, 11) is 0. The second-order valence-electron chi connectivity index (χ2n) is 7.97. The maximum atomic E-state index is 11.8. The average molecular weight is 375 g/mol. The van der Waals surface area contributed by atoms with E-state index >= 15 is 0 Å². The van der Waals surface area contributed by atoms with Gasteiger partial charge in [-0.1, -0.05) is 103 Å². The molecule has 0 aromatic carbocycles. The number of pyridine rings is 1. The highest BCUT2D eigenvalue weighted by Crippen LogP contribution is 2.30. The number of amides is 1. The predicted octanol–water partition coefficient (Wildman–Crippen LogP) is 7.16. The quantitative estimate of drug-likeness (QED) is 0.294. The van der Waals surface area contributed by atoms with Gasteiger partial charge in [-0.3, -0.25) is 9.78 Å². The largest absolute Gasteiger partial charge is 0.364 e. The van der Waals surface area contributed by atoms with Gasteiger partial charge in [0.05, 0.1) is 0 Å². The summed E-state index contributed by atoms with van der Waals surface area (Å²) in [5.41, 5.74) is 7.13. The van der Waals surface area contributed by atoms with Gasteiger partial charge in [-0.25, -0.2) is 0 Å². The zero-order valence-corrected chi connectivity index (χ0v) is 17.8. The average Bonchev–Trinajstić information content (AvgIpc) is 2.68. The maximum absolute atomic E-state index is 11.8. The maximum Gasteiger partial charge on any atom is 0.267 e. The van der Waals surface area contributed by atoms with Crippen LogP contribution in [0.4, 0.5) is 0 Å². The number of aromatic nitrogens is 1. The molecule has 0 aliphatic rings. The normalized spacial score (nSPS) is 12.2. The van der Waals surface area contributed by atoms with Gasteiger partial charge < -0.3 is 5.73 Å². The van der Waals surface area contributed by atoms with Crippen LogP contribution in [0.2, 0.25) is 0 Å². The van der Waals surface area contributed by atoms with Crippen molar-refractivity contribution in [3.8, 4) is 0 Å². The Morgan fingerprint density at radius 2 is 1.33 bits per heavy atom. The molecule has 1 aromatic rings. The molecular weight excluding hydrogens is 332 g/mol. The van der Waals surface area contributed by atoms with E-state index in [2.05, 4.69) is 24.9 Å². The number of rotatable bonds is 17. The molecule has 0 aliphatic heterocycles. The SMILES string of the molecule is CCCCCCCCCCC(CCCCCCC)c1cccnc1C(N)=O. The fourth-order valence-corrected chi connectivity index (χ4v) is 3.93. The van der Waals surface area contributed by atoms with E-state index in [-0.39, 0.29) is 0 Å². The summed E-state index contributed by atoms with van der Waals surface area (Å²) in [6.45, 7) is 4.51. The van der Waals surface area contributed by atoms with Gasteiger partial charge in [-0.05, 0) is 30.4 Å². The summed E-state index contributed by atoms with van der Waals surface area (Å²) < 4.78 is 0. The first-order valence-corrected chi connectivity index (χ1v) is 11.4. The van der Waals surface area contributed by atoms with Gasteiger partial charge in [0.25, 0.3) is 5.91 Å². The third-order valence-electron chi connectivity index (χ3n) is 5.57. The fourth-order valence-electron chi connectivity index (χ4n) is 3.93. The van der Waals surface area contributed by atoms with E-state index in [0.29, 0.717) is 11.6 Å². The van der Waals surface area contributed by atoms with Gasteiger partial charge in [0.2, 0.25) is 0 Å². The highest BCUT2D eigenvalue weighted by atomic mass is 16.1. The molecule has 27 heavy (non-hydrogen) atoms. The van der Waals surface area contributed by atoms with E-state index in [1.54, 1.807) is 6.20 Å². The van der Waals surface area contributed by atoms with E-state index in [1.165, 1.54) is 83.5 Å². The van der Waals surface area contributed by atoms with Gasteiger partial charge in [-0.2, -0.15) is 0 Å². The first-order chi connectivity index (χ1) is 13.2. The van der Waals surface area contributed by atoms with Crippen molar-refractivity contribution in [2.75, 3.05) is 0 Å². The Kier molecular flexibility index (Phi) is 13.7. The van der Waals surface area contributed by atoms with Crippen molar-refractivity contribution in [3.05, 3.63) is 29.6 Å². The molecule has 1 atom stereocenters. The Morgan fingerprint density at radius 3 is 1.81 bits per heavy atom. The van der Waals surface area contributed by atoms with Crippen molar-refractivity contribution in [1.82, 2.24) is 4.98 Å². The van der Waals surface area contributed by atoms with Gasteiger partial charge >= 0.3 is 0 Å². The van der Waals surface area contributed by atoms with Crippen LogP contribution in [-0.4, -0.2) is 10.9 Å². The molecule has 0 radical (unpaired) electrons. The molecule has 3 heteroatoms. The van der Waals surface area contributed by atoms with Crippen molar-refractivity contribution in [3.63, 3.8) is 0 Å². The van der Waals surface area contributed by atoms with Crippen LogP contribution in [-0.2, 0) is 0 Å². The van der Waals surface area contributed by atoms with E-state index in [1.807, 2.05) is 6.07 Å². The molecule has 0 saturated carbocycles. The van der Waals surface area contributed by atoms with E-state index in [0.717, 1.165) is 18.4 Å². The molecule has 154 valence electrons. The minimum atomic E-state index is -0.391. The molecular formula is C24H42N2O. The summed E-state index contributed by atoms with van der Waals surface area (Å²) in [6, 6.07) is 4.01. The molecule has 1 unspecified atom stereocenters. The third kappa shape index (κ3) is 10.5. The number of unbranched alkanes of at least 4 members (excludes halogenated alkanes) is 11. The minimum absolute atomic E-state index is 0.391. The van der Waals surface area contributed by atoms with E-state index < -0.39 is 5.91 Å². The Hall–Kier alpha value is -1.38. The first-order valence-electron chi connectivity index (χ1n) is 11.4. The Balaban J connectivity index is 2.50. The second-order valence-corrected chi connectivity index (χ2v) is 7.97. The van der Waals surface area contributed by atoms with Crippen LogP contribution in [0.5, 0.6) is 0 Å². The molecule has 0 aliphatic carbocycles. The van der Waals surface area contributed by atoms with Crippen molar-refractivity contribution >= 4 is 5.91 Å². The second kappa shape index (κ2) is 15.7. The van der Waals surface area contributed by atoms with Crippen LogP contribution in [0.1, 0.15) is 132 Å². The lowest BCUT2D eigenvalue weighted by atomic mass is 9.87. The van der Waals surface area contributed by atoms with E-state index in [4.69, 9.17) is 5.73 Å². The Labute approximate surface area is 167 Å². The van der Waals surface area contributed by atoms with Gasteiger partial charge in [0.15, 0.2) is 0 Å². The number of carbonyl (C=O) groups is 1. The number of primary amides is 1. The van der Waals surface area contributed by atoms with Crippen LogP contribution < -0.4 is 5.73 Å². The zero-order chi connectivity index (χ0) is 19.7. The highest BCUT2D eigenvalue weighted by Gasteiger charge is 2.18. The van der Waals surface area contributed by atoms with Crippen LogP contribution >= 0.6 is 0 Å². The standard InChI is InChI=1S/C24H42N2O/c1-3-5-7-9-10-11-13-15-18-21(17-14-12-8-6-4-2)22-19-16-20-26-23(22)24(25)27/h16,19-21H,3-15,17-18H2,1-2H3,(H2,25,27). The Morgan fingerprint density at radius 1 is 0.852 bits per heavy atom. The number of nitrogens with zero attached hydrogens (tertiary/aromatic N) is 1. The first kappa shape index (κ1) is 23.7. The van der Waals surface area contributed by atoms with Crippen molar-refractivity contribution in [1.29, 1.82) is 0 Å². The molecule has 1 rings (SSSR count). The highest BCUT2D eigenvalue weighted by molar-refractivity contribution is 5.92. The van der Waals surface area contributed by atoms with Gasteiger partial charge in [0.1, 0.15) is 5.69 Å². The fraction of sp³-hybridized carbons (Fsp3) is 0.750. The van der Waals surface area contributed by atoms with Crippen molar-refractivity contribution in [2.45, 2.75) is 116 Å². The lowest BCUT2D eigenvalue weighted by molar-refractivity contribution is 0.0994. The Bertz CT molecular complexity index is 501. The lowest BCUT2D eigenvalue weighted by Crippen LogP contribution is -2.17.